The zero-order chi connectivity index (χ0) is 13.8. The first kappa shape index (κ1) is 13.9. The van der Waals surface area contributed by atoms with E-state index in [2.05, 4.69) is 20.8 Å². The summed E-state index contributed by atoms with van der Waals surface area (Å²) in [6.07, 6.45) is 2.43. The lowest BCUT2D eigenvalue weighted by atomic mass is 10.2. The summed E-state index contributed by atoms with van der Waals surface area (Å²) < 4.78 is 1.89. The van der Waals surface area contributed by atoms with Gasteiger partial charge in [0.2, 0.25) is 5.16 Å². The van der Waals surface area contributed by atoms with Gasteiger partial charge in [-0.3, -0.25) is 0 Å². The van der Waals surface area contributed by atoms with Crippen LogP contribution in [0.1, 0.15) is 18.4 Å². The first-order chi connectivity index (χ1) is 9.81. The number of tetrazole rings is 1. The molecule has 5 nitrogen and oxygen atoms in total. The van der Waals surface area contributed by atoms with E-state index in [0.29, 0.717) is 6.04 Å². The van der Waals surface area contributed by atoms with Crippen molar-refractivity contribution in [1.29, 1.82) is 0 Å². The highest BCUT2D eigenvalue weighted by Gasteiger charge is 2.17. The fourth-order valence-corrected chi connectivity index (χ4v) is 3.23. The fraction of sp³-hybridized carbons (Fsp3) is 0.462. The van der Waals surface area contributed by atoms with Crippen LogP contribution in [0.3, 0.4) is 0 Å². The summed E-state index contributed by atoms with van der Waals surface area (Å²) in [5.74, 6) is 0.843. The molecule has 1 N–H and O–H groups in total. The molecule has 20 heavy (non-hydrogen) atoms. The Morgan fingerprint density at radius 1 is 1.35 bits per heavy atom. The highest BCUT2D eigenvalue weighted by molar-refractivity contribution is 7.98. The number of thioether (sulfide) groups is 1. The highest BCUT2D eigenvalue weighted by atomic mass is 35.5. The smallest absolute Gasteiger partial charge is 0.209 e. The average molecular weight is 310 g/mol. The van der Waals surface area contributed by atoms with Crippen LogP contribution in [0.25, 0.3) is 0 Å². The molecule has 1 atom stereocenters. The van der Waals surface area contributed by atoms with E-state index in [9.17, 15) is 0 Å². The third kappa shape index (κ3) is 3.50. The minimum atomic E-state index is 0.494. The van der Waals surface area contributed by atoms with Gasteiger partial charge in [-0.2, -0.15) is 0 Å². The van der Waals surface area contributed by atoms with Crippen LogP contribution in [0.4, 0.5) is 0 Å². The Balaban J connectivity index is 1.59. The Morgan fingerprint density at radius 3 is 2.95 bits per heavy atom. The largest absolute Gasteiger partial charge is 0.312 e. The first-order valence-corrected chi connectivity index (χ1v) is 8.04. The summed E-state index contributed by atoms with van der Waals surface area (Å²) in [7, 11) is 0. The highest BCUT2D eigenvalue weighted by Crippen LogP contribution is 2.21. The SMILES string of the molecule is Clc1ccc(CSc2nnnn2CC2CCCN2)cc1. The van der Waals surface area contributed by atoms with Gasteiger partial charge in [0.05, 0.1) is 6.54 Å². The van der Waals surface area contributed by atoms with Crippen LogP contribution in [-0.4, -0.2) is 32.8 Å². The van der Waals surface area contributed by atoms with E-state index in [1.165, 1.54) is 18.4 Å². The minimum Gasteiger partial charge on any atom is -0.312 e. The molecule has 106 valence electrons. The van der Waals surface area contributed by atoms with E-state index in [1.807, 2.05) is 28.9 Å². The van der Waals surface area contributed by atoms with Gasteiger partial charge < -0.3 is 5.32 Å². The van der Waals surface area contributed by atoms with E-state index in [4.69, 9.17) is 11.6 Å². The van der Waals surface area contributed by atoms with Gasteiger partial charge in [-0.05, 0) is 47.5 Å². The van der Waals surface area contributed by atoms with Crippen LogP contribution in [0, 0.1) is 0 Å². The first-order valence-electron chi connectivity index (χ1n) is 6.68. The monoisotopic (exact) mass is 309 g/mol. The average Bonchev–Trinajstić information content (AvgIpc) is 3.11. The number of hydrogen-bond acceptors (Lipinski definition) is 5. The van der Waals surface area contributed by atoms with Gasteiger partial charge in [0.25, 0.3) is 0 Å². The lowest BCUT2D eigenvalue weighted by molar-refractivity contribution is 0.443. The summed E-state index contributed by atoms with van der Waals surface area (Å²) in [6.45, 7) is 1.94. The van der Waals surface area contributed by atoms with Crippen molar-refractivity contribution in [2.24, 2.45) is 0 Å². The van der Waals surface area contributed by atoms with Crippen molar-refractivity contribution >= 4 is 23.4 Å². The Kier molecular flexibility index (Phi) is 4.54. The van der Waals surface area contributed by atoms with Crippen molar-refractivity contribution in [2.75, 3.05) is 6.54 Å². The van der Waals surface area contributed by atoms with Crippen molar-refractivity contribution in [3.8, 4) is 0 Å². The summed E-state index contributed by atoms with van der Waals surface area (Å²) in [4.78, 5) is 0. The van der Waals surface area contributed by atoms with Crippen LogP contribution < -0.4 is 5.32 Å². The topological polar surface area (TPSA) is 55.6 Å². The van der Waals surface area contributed by atoms with E-state index in [0.717, 1.165) is 29.0 Å². The Hall–Kier alpha value is -1.11. The number of aromatic nitrogens is 4. The molecule has 2 aromatic rings. The molecule has 1 aliphatic rings. The molecule has 0 bridgehead atoms. The van der Waals surface area contributed by atoms with Crippen LogP contribution in [0.5, 0.6) is 0 Å². The normalized spacial score (nSPS) is 18.6. The second-order valence-electron chi connectivity index (χ2n) is 4.85. The lowest BCUT2D eigenvalue weighted by Gasteiger charge is -2.10. The maximum atomic E-state index is 5.88. The second-order valence-corrected chi connectivity index (χ2v) is 6.23. The summed E-state index contributed by atoms with van der Waals surface area (Å²) in [5.41, 5.74) is 1.22. The number of rotatable bonds is 5. The number of nitrogens with zero attached hydrogens (tertiary/aromatic N) is 4. The van der Waals surface area contributed by atoms with Crippen molar-refractivity contribution < 1.29 is 0 Å². The molecule has 1 aliphatic heterocycles. The summed E-state index contributed by atoms with van der Waals surface area (Å²) in [6, 6.07) is 8.36. The van der Waals surface area contributed by atoms with Gasteiger partial charge in [-0.15, -0.1) is 5.10 Å². The lowest BCUT2D eigenvalue weighted by Crippen LogP contribution is -2.27. The number of benzene rings is 1. The molecule has 1 unspecified atom stereocenters. The molecule has 1 aromatic carbocycles. The predicted octanol–water partition coefficient (Wildman–Crippen LogP) is 2.37. The summed E-state index contributed by atoms with van der Waals surface area (Å²) >= 11 is 7.53. The number of halogens is 1. The van der Waals surface area contributed by atoms with Gasteiger partial charge in [0, 0.05) is 16.8 Å². The molecule has 0 amide bonds. The molecular weight excluding hydrogens is 294 g/mol. The van der Waals surface area contributed by atoms with Crippen molar-refractivity contribution in [3.05, 3.63) is 34.9 Å². The van der Waals surface area contributed by atoms with E-state index in [1.54, 1.807) is 11.8 Å². The molecule has 2 heterocycles. The molecule has 7 heteroatoms. The Labute approximate surface area is 127 Å². The molecule has 1 saturated heterocycles. The minimum absolute atomic E-state index is 0.494. The molecular formula is C13H16ClN5S. The van der Waals surface area contributed by atoms with Crippen molar-refractivity contribution in [2.45, 2.75) is 36.3 Å². The van der Waals surface area contributed by atoms with Gasteiger partial charge in [-0.25, -0.2) is 4.68 Å². The fourth-order valence-electron chi connectivity index (χ4n) is 2.26. The van der Waals surface area contributed by atoms with Crippen LogP contribution in [-0.2, 0) is 12.3 Å². The zero-order valence-electron chi connectivity index (χ0n) is 11.0. The Morgan fingerprint density at radius 2 is 2.20 bits per heavy atom. The van der Waals surface area contributed by atoms with Crippen molar-refractivity contribution in [1.82, 2.24) is 25.5 Å². The molecule has 0 saturated carbocycles. The molecule has 1 aromatic heterocycles. The zero-order valence-corrected chi connectivity index (χ0v) is 12.6. The standard InChI is InChI=1S/C13H16ClN5S/c14-11-5-3-10(4-6-11)9-20-13-16-17-18-19(13)8-12-2-1-7-15-12/h3-6,12,15H,1-2,7-9H2. The van der Waals surface area contributed by atoms with Gasteiger partial charge in [-0.1, -0.05) is 35.5 Å². The molecule has 1 fully saturated rings. The van der Waals surface area contributed by atoms with E-state index in [-0.39, 0.29) is 0 Å². The second kappa shape index (κ2) is 6.56. The molecule has 0 radical (unpaired) electrons. The number of hydrogen-bond donors (Lipinski definition) is 1. The summed E-state index contributed by atoms with van der Waals surface area (Å²) in [5, 5.41) is 17.1. The van der Waals surface area contributed by atoms with Crippen molar-refractivity contribution in [3.63, 3.8) is 0 Å². The third-order valence-electron chi connectivity index (χ3n) is 3.34. The quantitative estimate of drug-likeness (QED) is 0.859. The van der Waals surface area contributed by atoms with Gasteiger partial charge in [0.1, 0.15) is 0 Å². The van der Waals surface area contributed by atoms with Gasteiger partial charge in [0.15, 0.2) is 0 Å². The Bertz CT molecular complexity index is 550. The molecule has 3 rings (SSSR count). The van der Waals surface area contributed by atoms with Crippen LogP contribution in [0.2, 0.25) is 5.02 Å². The van der Waals surface area contributed by atoms with E-state index < -0.39 is 0 Å². The predicted molar refractivity (Wildman–Crippen MR) is 79.9 cm³/mol. The van der Waals surface area contributed by atoms with Gasteiger partial charge >= 0.3 is 0 Å². The number of nitrogens with one attached hydrogen (secondary N) is 1. The maximum Gasteiger partial charge on any atom is 0.209 e. The molecule has 0 aliphatic carbocycles. The third-order valence-corrected chi connectivity index (χ3v) is 4.62. The van der Waals surface area contributed by atoms with Crippen LogP contribution >= 0.6 is 23.4 Å². The van der Waals surface area contributed by atoms with E-state index >= 15 is 0 Å². The van der Waals surface area contributed by atoms with Crippen LogP contribution in [0.15, 0.2) is 29.4 Å². The molecule has 0 spiro atoms. The maximum absolute atomic E-state index is 5.88.